The Morgan fingerprint density at radius 2 is 2.25 bits per heavy atom. The van der Waals surface area contributed by atoms with Gasteiger partial charge in [0.1, 0.15) is 0 Å². The Morgan fingerprint density at radius 3 is 2.81 bits per heavy atom. The molecule has 1 unspecified atom stereocenters. The van der Waals surface area contributed by atoms with Gasteiger partial charge in [0.15, 0.2) is 0 Å². The zero-order chi connectivity index (χ0) is 12.2. The molecule has 1 saturated heterocycles. The lowest BCUT2D eigenvalue weighted by molar-refractivity contribution is -0.137. The van der Waals surface area contributed by atoms with Gasteiger partial charge in [-0.05, 0) is 18.4 Å². The van der Waals surface area contributed by atoms with Crippen LogP contribution in [0.3, 0.4) is 0 Å². The fourth-order valence-corrected chi connectivity index (χ4v) is 2.36. The maximum atomic E-state index is 10.7. The summed E-state index contributed by atoms with van der Waals surface area (Å²) in [5.41, 5.74) is 0.225. The highest BCUT2D eigenvalue weighted by molar-refractivity contribution is 5.67. The Bertz CT molecular complexity index is 241. The maximum absolute atomic E-state index is 10.7. The van der Waals surface area contributed by atoms with Gasteiger partial charge < -0.3 is 15.3 Å². The van der Waals surface area contributed by atoms with Crippen molar-refractivity contribution in [1.29, 1.82) is 0 Å². The fraction of sp³-hybridized carbons (Fsp3) is 0.917. The van der Waals surface area contributed by atoms with Crippen LogP contribution in [0.1, 0.15) is 33.6 Å². The van der Waals surface area contributed by atoms with Crippen molar-refractivity contribution in [3.05, 3.63) is 0 Å². The zero-order valence-electron chi connectivity index (χ0n) is 10.6. The Labute approximate surface area is 98.0 Å². The van der Waals surface area contributed by atoms with Gasteiger partial charge in [0.25, 0.3) is 0 Å². The molecule has 4 heteroatoms. The van der Waals surface area contributed by atoms with E-state index in [9.17, 15) is 4.79 Å². The predicted molar refractivity (Wildman–Crippen MR) is 64.6 cm³/mol. The third kappa shape index (κ3) is 4.49. The van der Waals surface area contributed by atoms with Crippen molar-refractivity contribution in [2.75, 3.05) is 26.2 Å². The molecular weight excluding hydrogens is 204 g/mol. The van der Waals surface area contributed by atoms with E-state index in [0.29, 0.717) is 0 Å². The molecule has 1 aliphatic rings. The van der Waals surface area contributed by atoms with E-state index in [-0.39, 0.29) is 17.9 Å². The molecule has 1 aliphatic heterocycles. The average molecular weight is 228 g/mol. The van der Waals surface area contributed by atoms with Crippen molar-refractivity contribution >= 4 is 5.97 Å². The molecule has 1 rings (SSSR count). The van der Waals surface area contributed by atoms with Crippen LogP contribution in [0.2, 0.25) is 0 Å². The Kier molecular flexibility index (Phi) is 4.74. The van der Waals surface area contributed by atoms with E-state index in [0.717, 1.165) is 32.6 Å². The molecule has 1 fully saturated rings. The van der Waals surface area contributed by atoms with E-state index < -0.39 is 5.97 Å². The molecule has 0 aliphatic carbocycles. The molecule has 1 heterocycles. The summed E-state index contributed by atoms with van der Waals surface area (Å²) in [6.45, 7) is 10.5. The van der Waals surface area contributed by atoms with Crippen molar-refractivity contribution in [2.45, 2.75) is 39.7 Å². The lowest BCUT2D eigenvalue weighted by Gasteiger charge is -2.28. The summed E-state index contributed by atoms with van der Waals surface area (Å²) in [5, 5.41) is 12.2. The zero-order valence-corrected chi connectivity index (χ0v) is 10.6. The van der Waals surface area contributed by atoms with Crippen LogP contribution in [0.4, 0.5) is 0 Å². The number of aliphatic carboxylic acids is 1. The Balaban J connectivity index is 2.60. The molecule has 0 aromatic carbocycles. The number of hydrogen-bond donors (Lipinski definition) is 2. The number of carbonyl (C=O) groups is 1. The van der Waals surface area contributed by atoms with Crippen LogP contribution < -0.4 is 5.32 Å². The van der Waals surface area contributed by atoms with Gasteiger partial charge in [-0.15, -0.1) is 0 Å². The van der Waals surface area contributed by atoms with E-state index >= 15 is 0 Å². The van der Waals surface area contributed by atoms with Crippen molar-refractivity contribution < 1.29 is 9.90 Å². The topological polar surface area (TPSA) is 52.6 Å². The van der Waals surface area contributed by atoms with Gasteiger partial charge in [-0.2, -0.15) is 0 Å². The standard InChI is InChI=1S/C12H24N2O2/c1-4-5-14-7-10(6-11(15)16)13-8-12(2,3)9-14/h10,13H,4-9H2,1-3H3,(H,15,16). The molecule has 0 amide bonds. The number of carboxylic acids is 1. The third-order valence-electron chi connectivity index (χ3n) is 2.96. The average Bonchev–Trinajstić information content (AvgIpc) is 2.25. The smallest absolute Gasteiger partial charge is 0.304 e. The summed E-state index contributed by atoms with van der Waals surface area (Å²) >= 11 is 0. The van der Waals surface area contributed by atoms with Gasteiger partial charge >= 0.3 is 5.97 Å². The van der Waals surface area contributed by atoms with Crippen molar-refractivity contribution in [2.24, 2.45) is 5.41 Å². The number of rotatable bonds is 4. The normalized spacial score (nSPS) is 26.3. The predicted octanol–water partition coefficient (Wildman–Crippen LogP) is 1.17. The molecular formula is C12H24N2O2. The van der Waals surface area contributed by atoms with Crippen molar-refractivity contribution in [3.63, 3.8) is 0 Å². The Hall–Kier alpha value is -0.610. The second-order valence-electron chi connectivity index (χ2n) is 5.58. The highest BCUT2D eigenvalue weighted by Gasteiger charge is 2.29. The fourth-order valence-electron chi connectivity index (χ4n) is 2.36. The molecule has 1 atom stereocenters. The van der Waals surface area contributed by atoms with E-state index in [1.165, 1.54) is 0 Å². The first-order chi connectivity index (χ1) is 7.43. The third-order valence-corrected chi connectivity index (χ3v) is 2.96. The molecule has 0 aromatic heterocycles. The molecule has 2 N–H and O–H groups in total. The van der Waals surface area contributed by atoms with Gasteiger partial charge in [0.2, 0.25) is 0 Å². The van der Waals surface area contributed by atoms with Crippen LogP contribution >= 0.6 is 0 Å². The number of hydrogen-bond acceptors (Lipinski definition) is 3. The first-order valence-electron chi connectivity index (χ1n) is 6.10. The van der Waals surface area contributed by atoms with Crippen LogP contribution in [0.15, 0.2) is 0 Å². The largest absolute Gasteiger partial charge is 0.481 e. The second kappa shape index (κ2) is 5.64. The number of nitrogens with one attached hydrogen (secondary N) is 1. The van der Waals surface area contributed by atoms with E-state index in [1.54, 1.807) is 0 Å². The highest BCUT2D eigenvalue weighted by Crippen LogP contribution is 2.20. The molecule has 0 radical (unpaired) electrons. The molecule has 0 saturated carbocycles. The van der Waals surface area contributed by atoms with Gasteiger partial charge in [-0.3, -0.25) is 4.79 Å². The molecule has 94 valence electrons. The SMILES string of the molecule is CCCN1CC(CC(=O)O)NCC(C)(C)C1. The molecule has 0 spiro atoms. The summed E-state index contributed by atoms with van der Waals surface area (Å²) in [4.78, 5) is 13.1. The van der Waals surface area contributed by atoms with Crippen LogP contribution in [-0.2, 0) is 4.79 Å². The van der Waals surface area contributed by atoms with Gasteiger partial charge in [-0.1, -0.05) is 20.8 Å². The first-order valence-corrected chi connectivity index (χ1v) is 6.10. The number of nitrogens with zero attached hydrogens (tertiary/aromatic N) is 1. The lowest BCUT2D eigenvalue weighted by Crippen LogP contribution is -2.39. The summed E-state index contributed by atoms with van der Waals surface area (Å²) in [5.74, 6) is -0.714. The minimum absolute atomic E-state index is 0.0887. The molecule has 0 aromatic rings. The van der Waals surface area contributed by atoms with Crippen LogP contribution in [0, 0.1) is 5.41 Å². The molecule has 0 bridgehead atoms. The summed E-state index contributed by atoms with van der Waals surface area (Å²) in [6.07, 6.45) is 1.34. The van der Waals surface area contributed by atoms with Crippen LogP contribution in [0.25, 0.3) is 0 Å². The van der Waals surface area contributed by atoms with E-state index in [2.05, 4.69) is 31.0 Å². The second-order valence-corrected chi connectivity index (χ2v) is 5.58. The summed E-state index contributed by atoms with van der Waals surface area (Å²) in [7, 11) is 0. The van der Waals surface area contributed by atoms with E-state index in [4.69, 9.17) is 5.11 Å². The number of carboxylic acid groups (broad SMARTS) is 1. The summed E-state index contributed by atoms with van der Waals surface area (Å²) < 4.78 is 0. The minimum atomic E-state index is -0.714. The first kappa shape index (κ1) is 13.5. The molecule has 4 nitrogen and oxygen atoms in total. The monoisotopic (exact) mass is 228 g/mol. The lowest BCUT2D eigenvalue weighted by atomic mass is 9.93. The van der Waals surface area contributed by atoms with Crippen LogP contribution in [0.5, 0.6) is 0 Å². The van der Waals surface area contributed by atoms with Crippen molar-refractivity contribution in [1.82, 2.24) is 10.2 Å². The molecule has 16 heavy (non-hydrogen) atoms. The van der Waals surface area contributed by atoms with E-state index in [1.807, 2.05) is 0 Å². The Morgan fingerprint density at radius 1 is 1.56 bits per heavy atom. The quantitative estimate of drug-likeness (QED) is 0.758. The van der Waals surface area contributed by atoms with Crippen LogP contribution in [-0.4, -0.2) is 48.2 Å². The maximum Gasteiger partial charge on any atom is 0.304 e. The van der Waals surface area contributed by atoms with Gasteiger partial charge in [-0.25, -0.2) is 0 Å². The summed E-state index contributed by atoms with van der Waals surface area (Å²) in [6, 6.07) is 0.0887. The van der Waals surface area contributed by atoms with Gasteiger partial charge in [0.05, 0.1) is 6.42 Å². The van der Waals surface area contributed by atoms with Crippen molar-refractivity contribution in [3.8, 4) is 0 Å². The van der Waals surface area contributed by atoms with Gasteiger partial charge in [0, 0.05) is 25.7 Å². The minimum Gasteiger partial charge on any atom is -0.481 e. The highest BCUT2D eigenvalue weighted by atomic mass is 16.4.